The molecule has 17 heavy (non-hydrogen) atoms. The molecule has 0 N–H and O–H groups in total. The molecule has 2 aliphatic rings. The van der Waals surface area contributed by atoms with Crippen molar-refractivity contribution in [3.63, 3.8) is 0 Å². The van der Waals surface area contributed by atoms with Gasteiger partial charge in [-0.2, -0.15) is 0 Å². The van der Waals surface area contributed by atoms with Crippen molar-refractivity contribution in [1.82, 2.24) is 0 Å². The zero-order valence-corrected chi connectivity index (χ0v) is 9.86. The first kappa shape index (κ1) is 9.29. The third-order valence-electron chi connectivity index (χ3n) is 4.15. The highest BCUT2D eigenvalue weighted by Crippen LogP contribution is 2.52. The van der Waals surface area contributed by atoms with Gasteiger partial charge in [0.05, 0.1) is 5.41 Å². The SMILES string of the molecule is Cc1ccc2c(c1)C1(CO2)Cc2ccccc21. The van der Waals surface area contributed by atoms with Crippen molar-refractivity contribution in [2.24, 2.45) is 0 Å². The summed E-state index contributed by atoms with van der Waals surface area (Å²) >= 11 is 0. The van der Waals surface area contributed by atoms with Crippen LogP contribution in [-0.4, -0.2) is 6.61 Å². The highest BCUT2D eigenvalue weighted by Gasteiger charge is 2.49. The Bertz CT molecular complexity index is 615. The van der Waals surface area contributed by atoms with Crippen LogP contribution in [0.25, 0.3) is 0 Å². The molecule has 1 heterocycles. The van der Waals surface area contributed by atoms with Crippen molar-refractivity contribution >= 4 is 0 Å². The lowest BCUT2D eigenvalue weighted by Gasteiger charge is -2.40. The number of aryl methyl sites for hydroxylation is 1. The van der Waals surface area contributed by atoms with Gasteiger partial charge >= 0.3 is 0 Å². The average Bonchev–Trinajstić information content (AvgIpc) is 2.69. The van der Waals surface area contributed by atoms with Crippen molar-refractivity contribution in [3.8, 4) is 5.75 Å². The molecule has 0 aromatic heterocycles. The summed E-state index contributed by atoms with van der Waals surface area (Å²) in [6.45, 7) is 2.96. The molecule has 84 valence electrons. The first-order valence-electron chi connectivity index (χ1n) is 6.12. The molecule has 0 bridgehead atoms. The van der Waals surface area contributed by atoms with Crippen LogP contribution in [0.3, 0.4) is 0 Å². The molecule has 1 heteroatoms. The van der Waals surface area contributed by atoms with E-state index in [4.69, 9.17) is 4.74 Å². The third kappa shape index (κ3) is 1.04. The number of rotatable bonds is 0. The maximum atomic E-state index is 5.87. The lowest BCUT2D eigenvalue weighted by atomic mass is 9.61. The predicted molar refractivity (Wildman–Crippen MR) is 67.6 cm³/mol. The van der Waals surface area contributed by atoms with Gasteiger partial charge < -0.3 is 4.74 Å². The summed E-state index contributed by atoms with van der Waals surface area (Å²) in [4.78, 5) is 0. The van der Waals surface area contributed by atoms with Crippen molar-refractivity contribution in [3.05, 3.63) is 64.7 Å². The van der Waals surface area contributed by atoms with Crippen LogP contribution in [0.1, 0.15) is 22.3 Å². The average molecular weight is 222 g/mol. The Hall–Kier alpha value is -1.76. The van der Waals surface area contributed by atoms with E-state index in [1.54, 1.807) is 0 Å². The second kappa shape index (κ2) is 2.92. The maximum absolute atomic E-state index is 5.87. The van der Waals surface area contributed by atoms with E-state index in [0.29, 0.717) is 0 Å². The predicted octanol–water partition coefficient (Wildman–Crippen LogP) is 3.23. The fourth-order valence-electron chi connectivity index (χ4n) is 3.25. The molecule has 2 aromatic carbocycles. The van der Waals surface area contributed by atoms with Gasteiger partial charge in [-0.05, 0) is 30.5 Å². The zero-order valence-electron chi connectivity index (χ0n) is 9.86. The molecule has 1 atom stereocenters. The van der Waals surface area contributed by atoms with E-state index in [2.05, 4.69) is 49.4 Å². The Morgan fingerprint density at radius 1 is 1.06 bits per heavy atom. The van der Waals surface area contributed by atoms with Gasteiger partial charge in [-0.3, -0.25) is 0 Å². The molecule has 0 amide bonds. The Balaban J connectivity index is 1.94. The van der Waals surface area contributed by atoms with Crippen LogP contribution in [0.5, 0.6) is 5.75 Å². The molecular weight excluding hydrogens is 208 g/mol. The quantitative estimate of drug-likeness (QED) is 0.665. The smallest absolute Gasteiger partial charge is 0.123 e. The minimum absolute atomic E-state index is 0.151. The topological polar surface area (TPSA) is 9.23 Å². The molecule has 1 spiro atoms. The van der Waals surface area contributed by atoms with Crippen LogP contribution in [0.4, 0.5) is 0 Å². The monoisotopic (exact) mass is 222 g/mol. The van der Waals surface area contributed by atoms with Crippen molar-refractivity contribution in [1.29, 1.82) is 0 Å². The Morgan fingerprint density at radius 2 is 1.94 bits per heavy atom. The highest BCUT2D eigenvalue weighted by atomic mass is 16.5. The summed E-state index contributed by atoms with van der Waals surface area (Å²) in [7, 11) is 0. The Morgan fingerprint density at radius 3 is 2.82 bits per heavy atom. The summed E-state index contributed by atoms with van der Waals surface area (Å²) in [5, 5.41) is 0. The van der Waals surface area contributed by atoms with E-state index < -0.39 is 0 Å². The van der Waals surface area contributed by atoms with Gasteiger partial charge in [-0.25, -0.2) is 0 Å². The number of ether oxygens (including phenoxy) is 1. The van der Waals surface area contributed by atoms with Crippen molar-refractivity contribution in [2.45, 2.75) is 18.8 Å². The van der Waals surface area contributed by atoms with E-state index in [1.807, 2.05) is 0 Å². The van der Waals surface area contributed by atoms with Gasteiger partial charge in [0.1, 0.15) is 12.4 Å². The van der Waals surface area contributed by atoms with Crippen LogP contribution in [-0.2, 0) is 11.8 Å². The molecule has 0 saturated carbocycles. The van der Waals surface area contributed by atoms with Crippen LogP contribution >= 0.6 is 0 Å². The van der Waals surface area contributed by atoms with Gasteiger partial charge in [0.25, 0.3) is 0 Å². The summed E-state index contributed by atoms with van der Waals surface area (Å²) in [5.41, 5.74) is 5.79. The fraction of sp³-hybridized carbons (Fsp3) is 0.250. The summed E-state index contributed by atoms with van der Waals surface area (Å²) in [6.07, 6.45) is 1.12. The largest absolute Gasteiger partial charge is 0.492 e. The second-order valence-corrected chi connectivity index (χ2v) is 5.20. The highest BCUT2D eigenvalue weighted by molar-refractivity contribution is 5.60. The molecule has 1 unspecified atom stereocenters. The minimum atomic E-state index is 0.151. The van der Waals surface area contributed by atoms with Gasteiger partial charge in [-0.15, -0.1) is 0 Å². The molecule has 0 fully saturated rings. The number of hydrogen-bond donors (Lipinski definition) is 0. The molecular formula is C16H14O. The molecule has 1 aliphatic heterocycles. The first-order chi connectivity index (χ1) is 8.29. The van der Waals surface area contributed by atoms with Gasteiger partial charge in [0.2, 0.25) is 0 Å². The molecule has 1 nitrogen and oxygen atoms in total. The van der Waals surface area contributed by atoms with Gasteiger partial charge in [-0.1, -0.05) is 42.0 Å². The van der Waals surface area contributed by atoms with Gasteiger partial charge in [0, 0.05) is 5.56 Å². The van der Waals surface area contributed by atoms with Crippen LogP contribution < -0.4 is 4.74 Å². The van der Waals surface area contributed by atoms with E-state index in [1.165, 1.54) is 22.3 Å². The van der Waals surface area contributed by atoms with Crippen molar-refractivity contribution < 1.29 is 4.74 Å². The van der Waals surface area contributed by atoms with E-state index >= 15 is 0 Å². The molecule has 1 aliphatic carbocycles. The van der Waals surface area contributed by atoms with Crippen LogP contribution in [0.2, 0.25) is 0 Å². The van der Waals surface area contributed by atoms with E-state index in [9.17, 15) is 0 Å². The maximum Gasteiger partial charge on any atom is 0.123 e. The lowest BCUT2D eigenvalue weighted by molar-refractivity contribution is 0.273. The zero-order chi connectivity index (χ0) is 11.5. The molecule has 4 rings (SSSR count). The van der Waals surface area contributed by atoms with E-state index in [0.717, 1.165) is 18.8 Å². The molecule has 2 aromatic rings. The number of fused-ring (bicyclic) bond motifs is 4. The molecule has 0 saturated heterocycles. The van der Waals surface area contributed by atoms with Crippen LogP contribution in [0, 0.1) is 6.92 Å². The van der Waals surface area contributed by atoms with Crippen molar-refractivity contribution in [2.75, 3.05) is 6.61 Å². The third-order valence-corrected chi connectivity index (χ3v) is 4.15. The Kier molecular flexibility index (Phi) is 1.60. The minimum Gasteiger partial charge on any atom is -0.492 e. The Labute approximate surface area is 101 Å². The fourth-order valence-corrected chi connectivity index (χ4v) is 3.25. The standard InChI is InChI=1S/C16H14O/c1-11-6-7-15-14(8-11)16(10-17-15)9-12-4-2-3-5-13(12)16/h2-8H,9-10H2,1H3. The summed E-state index contributed by atoms with van der Waals surface area (Å²) in [6, 6.07) is 15.3. The van der Waals surface area contributed by atoms with E-state index in [-0.39, 0.29) is 5.41 Å². The number of hydrogen-bond acceptors (Lipinski definition) is 1. The lowest BCUT2D eigenvalue weighted by Crippen LogP contribution is -2.41. The second-order valence-electron chi connectivity index (χ2n) is 5.20. The summed E-state index contributed by atoms with van der Waals surface area (Å²) in [5.74, 6) is 1.07. The normalized spacial score (nSPS) is 23.8. The van der Waals surface area contributed by atoms with Gasteiger partial charge in [0.15, 0.2) is 0 Å². The first-order valence-corrected chi connectivity index (χ1v) is 6.12. The summed E-state index contributed by atoms with van der Waals surface area (Å²) < 4.78 is 5.87. The molecule has 0 radical (unpaired) electrons. The van der Waals surface area contributed by atoms with Crippen LogP contribution in [0.15, 0.2) is 42.5 Å². The number of benzene rings is 2.